The molecule has 1 amide bonds. The van der Waals surface area contributed by atoms with Crippen molar-refractivity contribution in [2.24, 2.45) is 0 Å². The van der Waals surface area contributed by atoms with Crippen LogP contribution >= 0.6 is 11.3 Å². The normalized spacial score (nSPS) is 19.7. The molecule has 0 radical (unpaired) electrons. The Labute approximate surface area is 187 Å². The summed E-state index contributed by atoms with van der Waals surface area (Å²) >= 11 is 1.50. The molecule has 1 saturated heterocycles. The quantitative estimate of drug-likeness (QED) is 0.567. The van der Waals surface area contributed by atoms with Gasteiger partial charge in [-0.15, -0.1) is 11.3 Å². The van der Waals surface area contributed by atoms with Crippen molar-refractivity contribution in [3.63, 3.8) is 0 Å². The van der Waals surface area contributed by atoms with Crippen LogP contribution in [0.2, 0.25) is 18.1 Å². The number of aryl methyl sites for hydroxylation is 1. The average Bonchev–Trinajstić information content (AvgIpc) is 2.98. The molecule has 1 aliphatic heterocycles. The molecule has 2 rings (SSSR count). The predicted molar refractivity (Wildman–Crippen MR) is 124 cm³/mol. The number of hydrogen-bond donors (Lipinski definition) is 1. The average molecular weight is 457 g/mol. The third-order valence-corrected chi connectivity index (χ3v) is 11.8. The molecule has 0 saturated carbocycles. The van der Waals surface area contributed by atoms with E-state index in [1.165, 1.54) is 11.3 Å². The minimum Gasteiger partial charge on any atom is -0.444 e. The van der Waals surface area contributed by atoms with E-state index >= 15 is 0 Å². The number of nitrogens with zero attached hydrogens (tertiary/aromatic N) is 2. The summed E-state index contributed by atoms with van der Waals surface area (Å²) in [7, 11) is -1.86. The summed E-state index contributed by atoms with van der Waals surface area (Å²) in [6.45, 7) is 19.8. The second kappa shape index (κ2) is 9.26. The van der Waals surface area contributed by atoms with Gasteiger partial charge in [-0.3, -0.25) is 0 Å². The first-order chi connectivity index (χ1) is 13.6. The van der Waals surface area contributed by atoms with Crippen molar-refractivity contribution in [3.8, 4) is 0 Å². The summed E-state index contributed by atoms with van der Waals surface area (Å²) in [5.41, 5.74) is 0.336. The summed E-state index contributed by atoms with van der Waals surface area (Å²) in [6.07, 6.45) is 1.47. The van der Waals surface area contributed by atoms with Crippen molar-refractivity contribution in [1.29, 1.82) is 0 Å². The van der Waals surface area contributed by atoms with Gasteiger partial charge in [-0.05, 0) is 65.1 Å². The van der Waals surface area contributed by atoms with Crippen LogP contribution in [0.5, 0.6) is 0 Å². The van der Waals surface area contributed by atoms with Gasteiger partial charge in [0.15, 0.2) is 8.32 Å². The number of carbonyl (C=O) groups is 1. The number of aromatic nitrogens is 1. The van der Waals surface area contributed by atoms with Gasteiger partial charge in [0.1, 0.15) is 16.7 Å². The summed E-state index contributed by atoms with van der Waals surface area (Å²) in [6, 6.07) is -0.312. The monoisotopic (exact) mass is 456 g/mol. The maximum Gasteiger partial charge on any atom is 0.410 e. The van der Waals surface area contributed by atoms with Crippen LogP contribution in [0.15, 0.2) is 0 Å². The number of carbonyl (C=O) groups excluding carboxylic acids is 1. The maximum atomic E-state index is 12.7. The molecule has 2 atom stereocenters. The first-order valence-electron chi connectivity index (χ1n) is 10.9. The molecule has 0 unspecified atom stereocenters. The number of aliphatic hydroxyl groups excluding tert-OH is 1. The van der Waals surface area contributed by atoms with E-state index < -0.39 is 20.0 Å². The molecule has 6 nitrogen and oxygen atoms in total. The molecule has 30 heavy (non-hydrogen) atoms. The van der Waals surface area contributed by atoms with Gasteiger partial charge in [-0.1, -0.05) is 20.8 Å². The van der Waals surface area contributed by atoms with Gasteiger partial charge in [-0.25, -0.2) is 9.78 Å². The second-order valence-corrected chi connectivity index (χ2v) is 16.7. The molecular weight excluding hydrogens is 416 g/mol. The highest BCUT2D eigenvalue weighted by Gasteiger charge is 2.39. The van der Waals surface area contributed by atoms with Crippen LogP contribution in [0, 0.1) is 6.92 Å². The molecule has 1 aliphatic rings. The zero-order chi connectivity index (χ0) is 22.9. The van der Waals surface area contributed by atoms with Gasteiger partial charge in [-0.2, -0.15) is 0 Å². The number of likely N-dealkylation sites (tertiary alicyclic amines) is 1. The molecule has 1 fully saturated rings. The molecular formula is C22H40N2O4SSi. The fourth-order valence-corrected chi connectivity index (χ4v) is 5.24. The number of rotatable bonds is 5. The Kier molecular flexibility index (Phi) is 7.81. The molecule has 1 N–H and O–H groups in total. The number of amides is 1. The van der Waals surface area contributed by atoms with Crippen LogP contribution < -0.4 is 0 Å². The van der Waals surface area contributed by atoms with Gasteiger partial charge in [0.05, 0.1) is 23.2 Å². The maximum absolute atomic E-state index is 12.7. The number of piperidine rings is 1. The molecule has 0 aromatic carbocycles. The van der Waals surface area contributed by atoms with E-state index in [9.17, 15) is 9.90 Å². The summed E-state index contributed by atoms with van der Waals surface area (Å²) in [4.78, 5) is 20.1. The molecule has 1 aromatic heterocycles. The highest BCUT2D eigenvalue weighted by molar-refractivity contribution is 7.11. The number of aliphatic hydroxyl groups is 1. The second-order valence-electron chi connectivity index (χ2n) is 10.8. The predicted octanol–water partition coefficient (Wildman–Crippen LogP) is 5.80. The highest BCUT2D eigenvalue weighted by Crippen LogP contribution is 2.38. The van der Waals surface area contributed by atoms with E-state index in [0.29, 0.717) is 18.2 Å². The molecule has 2 heterocycles. The smallest absolute Gasteiger partial charge is 0.410 e. The SMILES string of the molecule is Cc1nc([C@H](O)[C@H]2CCCCN2C(=O)OC(C)(C)C)sc1CO[Si](C)(C)C(C)(C)C. The molecule has 0 spiro atoms. The van der Waals surface area contributed by atoms with Gasteiger partial charge in [0.2, 0.25) is 0 Å². The minimum absolute atomic E-state index is 0.143. The third-order valence-electron chi connectivity index (χ3n) is 6.07. The molecule has 172 valence electrons. The summed E-state index contributed by atoms with van der Waals surface area (Å²) in [5.74, 6) is 0. The molecule has 8 heteroatoms. The Morgan fingerprint density at radius 3 is 2.47 bits per heavy atom. The topological polar surface area (TPSA) is 71.9 Å². The van der Waals surface area contributed by atoms with Crippen LogP contribution in [0.4, 0.5) is 4.79 Å². The molecule has 1 aromatic rings. The van der Waals surface area contributed by atoms with Gasteiger partial charge >= 0.3 is 6.09 Å². The van der Waals surface area contributed by atoms with Crippen molar-refractivity contribution in [3.05, 3.63) is 15.6 Å². The zero-order valence-corrected chi connectivity index (χ0v) is 22.0. The van der Waals surface area contributed by atoms with Gasteiger partial charge < -0.3 is 19.2 Å². The van der Waals surface area contributed by atoms with E-state index in [0.717, 1.165) is 29.8 Å². The van der Waals surface area contributed by atoms with E-state index in [2.05, 4.69) is 38.8 Å². The molecule has 0 bridgehead atoms. The minimum atomic E-state index is -1.86. The van der Waals surface area contributed by atoms with Gasteiger partial charge in [0.25, 0.3) is 0 Å². The lowest BCUT2D eigenvalue weighted by atomic mass is 9.98. The van der Waals surface area contributed by atoms with Crippen molar-refractivity contribution in [1.82, 2.24) is 9.88 Å². The standard InChI is InChI=1S/C22H40N2O4SSi/c1-15-17(14-27-30(8,9)22(5,6)7)29-19(23-15)18(25)16-12-10-11-13-24(16)20(26)28-21(2,3)4/h16,18,25H,10-14H2,1-9H3/t16-,18-/m1/s1. The van der Waals surface area contributed by atoms with Gasteiger partial charge in [0, 0.05) is 6.54 Å². The summed E-state index contributed by atoms with van der Waals surface area (Å²) in [5, 5.41) is 11.9. The van der Waals surface area contributed by atoms with E-state index in [1.807, 2.05) is 27.7 Å². The molecule has 0 aliphatic carbocycles. The first kappa shape index (κ1) is 25.3. The Morgan fingerprint density at radius 2 is 1.90 bits per heavy atom. The number of thiazole rings is 1. The fourth-order valence-electron chi connectivity index (χ4n) is 3.17. The number of ether oxygens (including phenoxy) is 1. The first-order valence-corrected chi connectivity index (χ1v) is 14.6. The van der Waals surface area contributed by atoms with E-state index in [1.54, 1.807) is 4.90 Å². The van der Waals surface area contributed by atoms with E-state index in [4.69, 9.17) is 9.16 Å². The van der Waals surface area contributed by atoms with Crippen molar-refractivity contribution >= 4 is 25.7 Å². The lowest BCUT2D eigenvalue weighted by Crippen LogP contribution is -2.48. The van der Waals surface area contributed by atoms with Crippen molar-refractivity contribution in [2.75, 3.05) is 6.54 Å². The van der Waals surface area contributed by atoms with Crippen LogP contribution in [-0.4, -0.2) is 47.6 Å². The van der Waals surface area contributed by atoms with Crippen LogP contribution in [0.3, 0.4) is 0 Å². The number of hydrogen-bond acceptors (Lipinski definition) is 6. The van der Waals surface area contributed by atoms with E-state index in [-0.39, 0.29) is 17.2 Å². The Balaban J connectivity index is 2.14. The Bertz CT molecular complexity index is 736. The van der Waals surface area contributed by atoms with Crippen LogP contribution in [-0.2, 0) is 15.8 Å². The van der Waals surface area contributed by atoms with Crippen molar-refractivity contribution in [2.45, 2.75) is 110 Å². The van der Waals surface area contributed by atoms with Crippen molar-refractivity contribution < 1.29 is 19.1 Å². The van der Waals surface area contributed by atoms with Crippen LogP contribution in [0.25, 0.3) is 0 Å². The zero-order valence-electron chi connectivity index (χ0n) is 20.2. The lowest BCUT2D eigenvalue weighted by molar-refractivity contribution is -0.0169. The summed E-state index contributed by atoms with van der Waals surface area (Å²) < 4.78 is 11.9. The van der Waals surface area contributed by atoms with Crippen LogP contribution in [0.1, 0.15) is 82.5 Å². The highest BCUT2D eigenvalue weighted by atomic mass is 32.1. The lowest BCUT2D eigenvalue weighted by Gasteiger charge is -2.38. The Hall–Kier alpha value is -0.963. The Morgan fingerprint density at radius 1 is 1.27 bits per heavy atom. The largest absolute Gasteiger partial charge is 0.444 e. The fraction of sp³-hybridized carbons (Fsp3) is 0.818. The third kappa shape index (κ3) is 6.28.